The summed E-state index contributed by atoms with van der Waals surface area (Å²) in [6, 6.07) is 23.4. The zero-order valence-electron chi connectivity index (χ0n) is 30.8. The van der Waals surface area contributed by atoms with E-state index < -0.39 is 24.0 Å². The molecule has 3 N–H and O–H groups in total. The van der Waals surface area contributed by atoms with Crippen molar-refractivity contribution in [2.45, 2.75) is 43.9 Å². The second-order valence-electron chi connectivity index (χ2n) is 13.9. The number of nitrogens with zero attached hydrogens (tertiary/aromatic N) is 2. The fourth-order valence-electron chi connectivity index (χ4n) is 7.62. The number of hydrogen-bond donors (Lipinski definition) is 3. The van der Waals surface area contributed by atoms with E-state index in [1.54, 1.807) is 36.4 Å². The van der Waals surface area contributed by atoms with Crippen LogP contribution in [0, 0.1) is 5.92 Å². The number of alkyl carbamates (subject to hydrolysis) is 1. The summed E-state index contributed by atoms with van der Waals surface area (Å²) in [6.45, 7) is 2.80. The fourth-order valence-corrected chi connectivity index (χ4v) is 8.23. The highest BCUT2D eigenvalue weighted by Gasteiger charge is 2.37. The van der Waals surface area contributed by atoms with Gasteiger partial charge in [-0.05, 0) is 85.3 Å². The predicted octanol–water partition coefficient (Wildman–Crippen LogP) is 7.69. The van der Waals surface area contributed by atoms with Crippen LogP contribution in [0.4, 0.5) is 4.79 Å². The lowest BCUT2D eigenvalue weighted by molar-refractivity contribution is -0.904. The molecule has 2 bridgehead atoms. The summed E-state index contributed by atoms with van der Waals surface area (Å²) in [7, 11) is 3.03. The number of piperidine rings is 3. The molecule has 8 rings (SSSR count). The number of carbonyl (C=O) groups is 2. The second kappa shape index (κ2) is 17.2. The number of furan rings is 1. The van der Waals surface area contributed by atoms with Crippen LogP contribution in [-0.2, 0) is 17.8 Å². The molecular weight excluding hydrogens is 761 g/mol. The van der Waals surface area contributed by atoms with Gasteiger partial charge in [-0.25, -0.2) is 9.59 Å². The first-order chi connectivity index (χ1) is 27.1. The smallest absolute Gasteiger partial charge is 0.408 e. The summed E-state index contributed by atoms with van der Waals surface area (Å²) < 4.78 is 29.7. The van der Waals surface area contributed by atoms with Gasteiger partial charge in [0.25, 0.3) is 0 Å². The van der Waals surface area contributed by atoms with Gasteiger partial charge < -0.3 is 33.8 Å². The van der Waals surface area contributed by atoms with Crippen molar-refractivity contribution in [2.24, 2.45) is 5.92 Å². The van der Waals surface area contributed by atoms with Crippen molar-refractivity contribution < 1.29 is 48.0 Å². The highest BCUT2D eigenvalue weighted by Crippen LogP contribution is 2.40. The molecule has 0 radical (unpaired) electrons. The standard InChI is InChI=1S/C42H41Cl2N3O9/c1-52-36-13-10-28(18-37(36)53-2)31(20-33-34(43)21-47(51)22-35(33)44)32-19-30(55-40(32)41(48)49)24-54-29-11-8-27(9-12-29)39(26-6-4-3-5-7-26)45-42(50)56-38-23-46-16-14-25(38)15-17-46/h3-13,18-19,21-22,25,31,38-39H,14-17,20,23-24H2,1-2H3,(H2-,45,48,49,50,51)/p+1/t31-,38-,39+/m0/s1. The minimum Gasteiger partial charge on any atom is -0.493 e. The average molecular weight is 804 g/mol. The SMILES string of the molecule is COc1ccc([C@H](Cc2c(Cl)c[n+](O)cc2Cl)c2cc(COc3ccc([C@H](NC(=O)O[C@H]4CN5CCC4CC5)c4ccccc4)cc3)oc2C(=O)O)cc1OC. The van der Waals surface area contributed by atoms with Crippen molar-refractivity contribution in [3.63, 3.8) is 0 Å². The van der Waals surface area contributed by atoms with Crippen LogP contribution in [0.3, 0.4) is 0 Å². The van der Waals surface area contributed by atoms with Gasteiger partial charge in [-0.2, -0.15) is 0 Å². The van der Waals surface area contributed by atoms with Crippen LogP contribution >= 0.6 is 23.2 Å². The van der Waals surface area contributed by atoms with Gasteiger partial charge in [0.15, 0.2) is 11.5 Å². The van der Waals surface area contributed by atoms with E-state index >= 15 is 0 Å². The number of aromatic nitrogens is 1. The minimum absolute atomic E-state index is 0.0814. The number of halogens is 2. The average Bonchev–Trinajstić information content (AvgIpc) is 3.64. The van der Waals surface area contributed by atoms with Crippen LogP contribution in [0.15, 0.2) is 95.7 Å². The molecule has 5 aromatic rings. The number of benzene rings is 3. The van der Waals surface area contributed by atoms with Crippen LogP contribution in [0.25, 0.3) is 0 Å². The lowest BCUT2D eigenvalue weighted by atomic mass is 9.85. The topological polar surface area (TPSA) is 144 Å². The molecule has 3 fully saturated rings. The minimum atomic E-state index is -1.27. The molecule has 14 heteroatoms. The van der Waals surface area contributed by atoms with E-state index in [4.69, 9.17) is 46.6 Å². The van der Waals surface area contributed by atoms with Crippen molar-refractivity contribution in [1.82, 2.24) is 10.2 Å². The van der Waals surface area contributed by atoms with Gasteiger partial charge in [0.1, 0.15) is 34.3 Å². The first-order valence-corrected chi connectivity index (χ1v) is 19.0. The van der Waals surface area contributed by atoms with Gasteiger partial charge >= 0.3 is 12.1 Å². The molecule has 12 nitrogen and oxygen atoms in total. The Balaban J connectivity index is 1.11. The largest absolute Gasteiger partial charge is 0.493 e. The lowest BCUT2D eigenvalue weighted by Crippen LogP contribution is -2.52. The van der Waals surface area contributed by atoms with Gasteiger partial charge in [-0.3, -0.25) is 10.1 Å². The Morgan fingerprint density at radius 3 is 2.20 bits per heavy atom. The predicted molar refractivity (Wildman–Crippen MR) is 206 cm³/mol. The number of ether oxygens (including phenoxy) is 4. The quantitative estimate of drug-likeness (QED) is 0.0756. The summed E-state index contributed by atoms with van der Waals surface area (Å²) in [5.74, 6) is -0.0908. The van der Waals surface area contributed by atoms with Crippen molar-refractivity contribution in [1.29, 1.82) is 0 Å². The van der Waals surface area contributed by atoms with Crippen molar-refractivity contribution in [3.8, 4) is 17.2 Å². The zero-order valence-corrected chi connectivity index (χ0v) is 32.3. The number of carbonyl (C=O) groups excluding carboxylic acids is 1. The number of carboxylic acids is 1. The molecular formula is C42H42Cl2N3O9+. The molecule has 3 aromatic carbocycles. The Kier molecular flexibility index (Phi) is 11.9. The van der Waals surface area contributed by atoms with E-state index in [0.29, 0.717) is 39.9 Å². The molecule has 3 aliphatic rings. The van der Waals surface area contributed by atoms with Crippen LogP contribution in [0.5, 0.6) is 17.2 Å². The highest BCUT2D eigenvalue weighted by atomic mass is 35.5. The monoisotopic (exact) mass is 802 g/mol. The van der Waals surface area contributed by atoms with E-state index in [0.717, 1.165) is 48.3 Å². The van der Waals surface area contributed by atoms with Crippen LogP contribution < -0.4 is 24.3 Å². The van der Waals surface area contributed by atoms with Gasteiger partial charge in [-0.15, -0.1) is 0 Å². The van der Waals surface area contributed by atoms with Crippen molar-refractivity contribution >= 4 is 35.3 Å². The Morgan fingerprint density at radius 1 is 0.911 bits per heavy atom. The number of hydrogen-bond acceptors (Lipinski definition) is 9. The van der Waals surface area contributed by atoms with Crippen LogP contribution in [0.2, 0.25) is 10.0 Å². The molecule has 0 unspecified atom stereocenters. The molecule has 5 heterocycles. The molecule has 0 aliphatic carbocycles. The van der Waals surface area contributed by atoms with Gasteiger partial charge in [0.05, 0.1) is 20.3 Å². The maximum atomic E-state index is 13.2. The van der Waals surface area contributed by atoms with E-state index in [1.807, 2.05) is 42.5 Å². The number of fused-ring (bicyclic) bond motifs is 3. The molecule has 1 amide bonds. The third-order valence-corrected chi connectivity index (χ3v) is 11.2. The fraction of sp³-hybridized carbons (Fsp3) is 0.310. The number of rotatable bonds is 14. The molecule has 3 saturated heterocycles. The summed E-state index contributed by atoms with van der Waals surface area (Å²) in [6.07, 6.45) is 4.26. The molecule has 2 aromatic heterocycles. The van der Waals surface area contributed by atoms with E-state index in [1.165, 1.54) is 26.6 Å². The maximum absolute atomic E-state index is 13.2. The molecule has 56 heavy (non-hydrogen) atoms. The summed E-state index contributed by atoms with van der Waals surface area (Å²) >= 11 is 13.1. The lowest BCUT2D eigenvalue weighted by Gasteiger charge is -2.43. The second-order valence-corrected chi connectivity index (χ2v) is 14.7. The Morgan fingerprint density at radius 2 is 1.57 bits per heavy atom. The molecule has 0 spiro atoms. The first kappa shape index (κ1) is 38.8. The van der Waals surface area contributed by atoms with E-state index in [2.05, 4.69) is 10.2 Å². The number of pyridine rings is 1. The maximum Gasteiger partial charge on any atom is 0.408 e. The number of amides is 1. The Labute approximate surface area is 334 Å². The van der Waals surface area contributed by atoms with Crippen LogP contribution in [0.1, 0.15) is 68.9 Å². The van der Waals surface area contributed by atoms with Gasteiger partial charge in [-0.1, -0.05) is 71.7 Å². The number of nitrogens with one attached hydrogen (secondary N) is 1. The summed E-state index contributed by atoms with van der Waals surface area (Å²) in [4.78, 5) is 28.2. The number of methoxy groups -OCH3 is 2. The third-order valence-electron chi connectivity index (χ3n) is 10.5. The van der Waals surface area contributed by atoms with Gasteiger partial charge in [0, 0.05) is 28.3 Å². The number of carboxylic acid groups (broad SMARTS) is 1. The summed E-state index contributed by atoms with van der Waals surface area (Å²) in [5.41, 5.74) is 3.24. The van der Waals surface area contributed by atoms with E-state index in [-0.39, 0.29) is 40.7 Å². The van der Waals surface area contributed by atoms with E-state index in [9.17, 15) is 19.9 Å². The van der Waals surface area contributed by atoms with Crippen LogP contribution in [-0.4, -0.2) is 67.2 Å². The Hall–Kier alpha value is -5.43. The van der Waals surface area contributed by atoms with Crippen molar-refractivity contribution in [3.05, 3.63) is 141 Å². The normalized spacial score (nSPS) is 18.5. The molecule has 0 saturated carbocycles. The van der Waals surface area contributed by atoms with Gasteiger partial charge in [0.2, 0.25) is 18.2 Å². The molecule has 3 atom stereocenters. The molecule has 292 valence electrons. The Bertz CT molecular complexity index is 2150. The van der Waals surface area contributed by atoms with Crippen molar-refractivity contribution in [2.75, 3.05) is 33.9 Å². The highest BCUT2D eigenvalue weighted by molar-refractivity contribution is 6.35. The number of aromatic carboxylic acids is 1. The zero-order chi connectivity index (χ0) is 39.3. The third kappa shape index (κ3) is 8.67. The molecule has 3 aliphatic heterocycles. The summed E-state index contributed by atoms with van der Waals surface area (Å²) in [5, 5.41) is 23.7. The first-order valence-electron chi connectivity index (χ1n) is 18.2.